The largest absolute Gasteiger partial charge is 0.480 e. The lowest BCUT2D eigenvalue weighted by atomic mass is 10.0. The molecule has 1 aliphatic heterocycles. The Morgan fingerprint density at radius 1 is 1.45 bits per heavy atom. The minimum Gasteiger partial charge on any atom is -0.480 e. The van der Waals surface area contributed by atoms with Gasteiger partial charge in [0.25, 0.3) is 5.91 Å². The van der Waals surface area contributed by atoms with E-state index < -0.39 is 12.0 Å². The Hall–Kier alpha value is -2.57. The van der Waals surface area contributed by atoms with Crippen LogP contribution in [-0.4, -0.2) is 42.5 Å². The molecular formula is C15H18N4O3. The van der Waals surface area contributed by atoms with Crippen molar-refractivity contribution in [2.24, 2.45) is 0 Å². The fourth-order valence-electron chi connectivity index (χ4n) is 2.84. The molecule has 22 heavy (non-hydrogen) atoms. The van der Waals surface area contributed by atoms with E-state index in [1.54, 1.807) is 12.1 Å². The van der Waals surface area contributed by atoms with Gasteiger partial charge in [0.05, 0.1) is 24.3 Å². The lowest BCUT2D eigenvalue weighted by Gasteiger charge is -2.32. The normalized spacial score (nSPS) is 17.6. The van der Waals surface area contributed by atoms with E-state index >= 15 is 0 Å². The van der Waals surface area contributed by atoms with E-state index in [-0.39, 0.29) is 24.9 Å². The van der Waals surface area contributed by atoms with Crippen molar-refractivity contribution in [3.05, 3.63) is 41.7 Å². The van der Waals surface area contributed by atoms with E-state index in [2.05, 4.69) is 9.97 Å². The molecule has 3 heterocycles. The Morgan fingerprint density at radius 3 is 2.91 bits per heavy atom. The van der Waals surface area contributed by atoms with Crippen molar-refractivity contribution < 1.29 is 14.7 Å². The molecule has 2 aromatic rings. The van der Waals surface area contributed by atoms with E-state index in [1.807, 2.05) is 24.6 Å². The molecule has 0 fully saturated rings. The van der Waals surface area contributed by atoms with E-state index in [9.17, 15) is 14.7 Å². The Balaban J connectivity index is 1.96. The second-order valence-corrected chi connectivity index (χ2v) is 5.71. The topological polar surface area (TPSA) is 91.2 Å². The lowest BCUT2D eigenvalue weighted by Crippen LogP contribution is -2.49. The number of imidazole rings is 1. The maximum Gasteiger partial charge on any atom is 0.326 e. The molecule has 0 radical (unpaired) electrons. The van der Waals surface area contributed by atoms with Crippen LogP contribution in [0.15, 0.2) is 24.7 Å². The highest BCUT2D eigenvalue weighted by molar-refractivity contribution is 5.95. The number of amides is 1. The molecule has 0 saturated carbocycles. The van der Waals surface area contributed by atoms with E-state index in [1.165, 1.54) is 11.2 Å². The van der Waals surface area contributed by atoms with E-state index in [0.717, 1.165) is 11.4 Å². The summed E-state index contributed by atoms with van der Waals surface area (Å²) in [4.78, 5) is 32.9. The van der Waals surface area contributed by atoms with Crippen molar-refractivity contribution in [1.29, 1.82) is 0 Å². The smallest absolute Gasteiger partial charge is 0.326 e. The van der Waals surface area contributed by atoms with Gasteiger partial charge in [-0.25, -0.2) is 9.78 Å². The molecule has 1 unspecified atom stereocenters. The summed E-state index contributed by atoms with van der Waals surface area (Å²) in [5.74, 6) is -1.28. The fourth-order valence-corrected chi connectivity index (χ4v) is 2.84. The van der Waals surface area contributed by atoms with Crippen molar-refractivity contribution in [3.63, 3.8) is 0 Å². The predicted molar refractivity (Wildman–Crippen MR) is 78.4 cm³/mol. The standard InChI is InChI=1S/C15H18N4O3/c1-9(2)18-5-3-4-12(18)14(20)19-7-11-10(16-8-17-11)6-13(19)15(21)22/h3-5,8-9,13H,6-7H2,1-2H3,(H,16,17)(H,21,22). The summed E-state index contributed by atoms with van der Waals surface area (Å²) in [6, 6.07) is 2.77. The molecule has 0 spiro atoms. The first kappa shape index (κ1) is 14.4. The molecule has 0 saturated heterocycles. The number of hydrogen-bond acceptors (Lipinski definition) is 3. The second kappa shape index (κ2) is 5.32. The molecule has 7 nitrogen and oxygen atoms in total. The summed E-state index contributed by atoms with van der Waals surface area (Å²) >= 11 is 0. The molecule has 2 aromatic heterocycles. The molecule has 1 aliphatic rings. The van der Waals surface area contributed by atoms with Crippen molar-refractivity contribution >= 4 is 11.9 Å². The van der Waals surface area contributed by atoms with Crippen molar-refractivity contribution in [2.75, 3.05) is 0 Å². The van der Waals surface area contributed by atoms with Crippen molar-refractivity contribution in [2.45, 2.75) is 38.9 Å². The van der Waals surface area contributed by atoms with Crippen LogP contribution in [0.2, 0.25) is 0 Å². The zero-order chi connectivity index (χ0) is 15.9. The first-order valence-electron chi connectivity index (χ1n) is 7.20. The minimum absolute atomic E-state index is 0.129. The molecule has 2 N–H and O–H groups in total. The zero-order valence-electron chi connectivity index (χ0n) is 12.5. The highest BCUT2D eigenvalue weighted by Gasteiger charge is 2.37. The molecule has 0 aliphatic carbocycles. The Kier molecular flexibility index (Phi) is 3.48. The number of carbonyl (C=O) groups is 2. The highest BCUT2D eigenvalue weighted by atomic mass is 16.4. The number of carboxylic acid groups (broad SMARTS) is 1. The van der Waals surface area contributed by atoms with Crippen LogP contribution in [0.4, 0.5) is 0 Å². The maximum atomic E-state index is 12.8. The third-order valence-corrected chi connectivity index (χ3v) is 4.00. The first-order chi connectivity index (χ1) is 10.5. The van der Waals surface area contributed by atoms with Crippen LogP contribution in [0.3, 0.4) is 0 Å². The maximum absolute atomic E-state index is 12.8. The number of carboxylic acids is 1. The average Bonchev–Trinajstić information content (AvgIpc) is 3.13. The number of hydrogen-bond donors (Lipinski definition) is 2. The van der Waals surface area contributed by atoms with Gasteiger partial charge < -0.3 is 19.6 Å². The lowest BCUT2D eigenvalue weighted by molar-refractivity contribution is -0.142. The van der Waals surface area contributed by atoms with Gasteiger partial charge in [-0.1, -0.05) is 0 Å². The number of fused-ring (bicyclic) bond motifs is 1. The Morgan fingerprint density at radius 2 is 2.23 bits per heavy atom. The van der Waals surface area contributed by atoms with Crippen LogP contribution in [-0.2, 0) is 17.8 Å². The number of nitrogens with one attached hydrogen (secondary N) is 1. The molecule has 0 bridgehead atoms. The van der Waals surface area contributed by atoms with Crippen LogP contribution in [0.1, 0.15) is 41.8 Å². The second-order valence-electron chi connectivity index (χ2n) is 5.71. The van der Waals surface area contributed by atoms with Crippen LogP contribution >= 0.6 is 0 Å². The van der Waals surface area contributed by atoms with Gasteiger partial charge >= 0.3 is 5.97 Å². The van der Waals surface area contributed by atoms with Crippen LogP contribution in [0.5, 0.6) is 0 Å². The van der Waals surface area contributed by atoms with Crippen LogP contribution < -0.4 is 0 Å². The number of H-pyrrole nitrogens is 1. The molecular weight excluding hydrogens is 284 g/mol. The highest BCUT2D eigenvalue weighted by Crippen LogP contribution is 2.24. The summed E-state index contributed by atoms with van der Waals surface area (Å²) in [7, 11) is 0. The summed E-state index contributed by atoms with van der Waals surface area (Å²) in [5, 5.41) is 9.46. The summed E-state index contributed by atoms with van der Waals surface area (Å²) in [6.45, 7) is 4.19. The number of rotatable bonds is 3. The van der Waals surface area contributed by atoms with Gasteiger partial charge in [0.15, 0.2) is 0 Å². The van der Waals surface area contributed by atoms with Crippen molar-refractivity contribution in [1.82, 2.24) is 19.4 Å². The number of carbonyl (C=O) groups excluding carboxylic acids is 1. The summed E-state index contributed by atoms with van der Waals surface area (Å²) < 4.78 is 1.85. The van der Waals surface area contributed by atoms with E-state index in [0.29, 0.717) is 5.69 Å². The number of aromatic nitrogens is 3. The molecule has 1 amide bonds. The minimum atomic E-state index is -1.01. The predicted octanol–water partition coefficient (Wildman–Crippen LogP) is 1.44. The number of aliphatic carboxylic acids is 1. The monoisotopic (exact) mass is 302 g/mol. The number of nitrogens with zero attached hydrogens (tertiary/aromatic N) is 3. The van der Waals surface area contributed by atoms with Crippen LogP contribution in [0.25, 0.3) is 0 Å². The molecule has 7 heteroatoms. The summed E-state index contributed by atoms with van der Waals surface area (Å²) in [5.41, 5.74) is 2.02. The van der Waals surface area contributed by atoms with Gasteiger partial charge in [0.2, 0.25) is 0 Å². The zero-order valence-corrected chi connectivity index (χ0v) is 12.5. The number of aromatic amines is 1. The Labute approximate surface area is 127 Å². The third kappa shape index (κ3) is 2.28. The summed E-state index contributed by atoms with van der Waals surface area (Å²) in [6.07, 6.45) is 3.59. The quantitative estimate of drug-likeness (QED) is 0.897. The van der Waals surface area contributed by atoms with Crippen LogP contribution in [0, 0.1) is 0 Å². The molecule has 0 aromatic carbocycles. The molecule has 1 atom stereocenters. The average molecular weight is 302 g/mol. The van der Waals surface area contributed by atoms with Gasteiger partial charge in [-0.3, -0.25) is 4.79 Å². The van der Waals surface area contributed by atoms with Gasteiger partial charge in [0.1, 0.15) is 11.7 Å². The van der Waals surface area contributed by atoms with Gasteiger partial charge in [-0.2, -0.15) is 0 Å². The molecule has 3 rings (SSSR count). The van der Waals surface area contributed by atoms with Gasteiger partial charge in [-0.15, -0.1) is 0 Å². The van der Waals surface area contributed by atoms with Gasteiger partial charge in [0, 0.05) is 18.7 Å². The van der Waals surface area contributed by atoms with Crippen molar-refractivity contribution in [3.8, 4) is 0 Å². The SMILES string of the molecule is CC(C)n1cccc1C(=O)N1Cc2[nH]cnc2CC1C(=O)O. The third-order valence-electron chi connectivity index (χ3n) is 4.00. The fraction of sp³-hybridized carbons (Fsp3) is 0.400. The first-order valence-corrected chi connectivity index (χ1v) is 7.20. The molecule has 116 valence electrons. The Bertz CT molecular complexity index is 716. The van der Waals surface area contributed by atoms with Gasteiger partial charge in [-0.05, 0) is 26.0 Å². The van der Waals surface area contributed by atoms with E-state index in [4.69, 9.17) is 0 Å².